The highest BCUT2D eigenvalue weighted by Gasteiger charge is 2.40. The van der Waals surface area contributed by atoms with Gasteiger partial charge in [0.2, 0.25) is 0 Å². The average Bonchev–Trinajstić information content (AvgIpc) is 2.58. The molecule has 1 amide bonds. The van der Waals surface area contributed by atoms with Gasteiger partial charge in [0.1, 0.15) is 11.5 Å². The molecule has 0 radical (unpaired) electrons. The fourth-order valence-electron chi connectivity index (χ4n) is 3.42. The Labute approximate surface area is 135 Å². The smallest absolute Gasteiger partial charge is 0.256 e. The summed E-state index contributed by atoms with van der Waals surface area (Å²) in [6.45, 7) is 2.86. The van der Waals surface area contributed by atoms with Crippen molar-refractivity contribution in [2.24, 2.45) is 0 Å². The van der Waals surface area contributed by atoms with Crippen LogP contribution in [0.15, 0.2) is 48.7 Å². The van der Waals surface area contributed by atoms with Gasteiger partial charge in [0.15, 0.2) is 0 Å². The van der Waals surface area contributed by atoms with E-state index >= 15 is 0 Å². The minimum Gasteiger partial charge on any atom is -0.347 e. The second-order valence-corrected chi connectivity index (χ2v) is 6.32. The standard InChI is InChI=1S/C18H20N4O/c23-17-15-7-4-10-19-16(15)20-18(21-17)8-11-22(12-9-18)13-14-5-2-1-3-6-14/h1-7,10H,8-9,11-13H2,(H,19,20)(H,21,23). The SMILES string of the molecule is O=C1NC2(CCN(Cc3ccccc3)CC2)Nc2ncccc21. The summed E-state index contributed by atoms with van der Waals surface area (Å²) in [5.74, 6) is 0.677. The van der Waals surface area contributed by atoms with Crippen molar-refractivity contribution in [3.63, 3.8) is 0 Å². The Balaban J connectivity index is 1.44. The van der Waals surface area contributed by atoms with E-state index < -0.39 is 0 Å². The quantitative estimate of drug-likeness (QED) is 0.893. The maximum atomic E-state index is 12.3. The van der Waals surface area contributed by atoms with Crippen LogP contribution in [0.1, 0.15) is 28.8 Å². The largest absolute Gasteiger partial charge is 0.347 e. The van der Waals surface area contributed by atoms with E-state index in [1.54, 1.807) is 12.3 Å². The summed E-state index contributed by atoms with van der Waals surface area (Å²) in [6.07, 6.45) is 3.48. The molecule has 1 aromatic carbocycles. The molecular formula is C18H20N4O. The van der Waals surface area contributed by atoms with E-state index in [2.05, 4.69) is 44.8 Å². The number of aromatic nitrogens is 1. The molecule has 3 heterocycles. The molecule has 0 saturated carbocycles. The van der Waals surface area contributed by atoms with E-state index in [0.717, 1.165) is 32.5 Å². The van der Waals surface area contributed by atoms with Crippen LogP contribution in [0.3, 0.4) is 0 Å². The van der Waals surface area contributed by atoms with Crippen LogP contribution in [0.4, 0.5) is 5.82 Å². The molecule has 1 saturated heterocycles. The molecule has 23 heavy (non-hydrogen) atoms. The number of fused-ring (bicyclic) bond motifs is 1. The molecule has 0 bridgehead atoms. The summed E-state index contributed by atoms with van der Waals surface area (Å²) < 4.78 is 0. The van der Waals surface area contributed by atoms with Crippen molar-refractivity contribution in [1.82, 2.24) is 15.2 Å². The number of benzene rings is 1. The van der Waals surface area contributed by atoms with Crippen LogP contribution < -0.4 is 10.6 Å². The van der Waals surface area contributed by atoms with Crippen LogP contribution in [-0.2, 0) is 6.54 Å². The van der Waals surface area contributed by atoms with Crippen molar-refractivity contribution in [3.8, 4) is 0 Å². The summed E-state index contributed by atoms with van der Waals surface area (Å²) in [5.41, 5.74) is 1.60. The Morgan fingerprint density at radius 1 is 1.04 bits per heavy atom. The van der Waals surface area contributed by atoms with Crippen molar-refractivity contribution in [1.29, 1.82) is 0 Å². The number of anilines is 1. The number of amides is 1. The Morgan fingerprint density at radius 2 is 1.83 bits per heavy atom. The number of hydrogen-bond acceptors (Lipinski definition) is 4. The molecule has 1 fully saturated rings. The predicted octanol–water partition coefficient (Wildman–Crippen LogP) is 2.23. The van der Waals surface area contributed by atoms with Gasteiger partial charge in [-0.2, -0.15) is 0 Å². The number of carbonyl (C=O) groups excluding carboxylic acids is 1. The molecule has 2 aliphatic rings. The summed E-state index contributed by atoms with van der Waals surface area (Å²) in [6, 6.07) is 14.1. The molecule has 1 spiro atoms. The Bertz CT molecular complexity index is 708. The molecule has 1 aromatic heterocycles. The van der Waals surface area contributed by atoms with Gasteiger partial charge in [-0.1, -0.05) is 30.3 Å². The second-order valence-electron chi connectivity index (χ2n) is 6.32. The molecule has 0 aliphatic carbocycles. The molecule has 118 valence electrons. The maximum absolute atomic E-state index is 12.3. The topological polar surface area (TPSA) is 57.3 Å². The van der Waals surface area contributed by atoms with E-state index in [4.69, 9.17) is 0 Å². The Morgan fingerprint density at radius 3 is 2.61 bits per heavy atom. The van der Waals surface area contributed by atoms with E-state index in [-0.39, 0.29) is 11.6 Å². The second kappa shape index (κ2) is 5.66. The molecule has 5 heteroatoms. The molecule has 0 atom stereocenters. The highest BCUT2D eigenvalue weighted by molar-refractivity contribution is 6.01. The van der Waals surface area contributed by atoms with E-state index in [1.165, 1.54) is 5.56 Å². The van der Waals surface area contributed by atoms with Gasteiger partial charge >= 0.3 is 0 Å². The Kier molecular flexibility index (Phi) is 3.50. The summed E-state index contributed by atoms with van der Waals surface area (Å²) >= 11 is 0. The molecule has 5 nitrogen and oxygen atoms in total. The van der Waals surface area contributed by atoms with Gasteiger partial charge in [-0.3, -0.25) is 9.69 Å². The first-order valence-electron chi connectivity index (χ1n) is 8.06. The zero-order chi connectivity index (χ0) is 15.7. The molecule has 4 rings (SSSR count). The lowest BCUT2D eigenvalue weighted by atomic mass is 9.93. The van der Waals surface area contributed by atoms with E-state index in [0.29, 0.717) is 11.4 Å². The number of pyridine rings is 1. The number of piperidine rings is 1. The predicted molar refractivity (Wildman–Crippen MR) is 89.0 cm³/mol. The lowest BCUT2D eigenvalue weighted by Gasteiger charge is -2.45. The fourth-order valence-corrected chi connectivity index (χ4v) is 3.42. The van der Waals surface area contributed by atoms with Gasteiger partial charge in [-0.05, 0) is 17.7 Å². The number of rotatable bonds is 2. The highest BCUT2D eigenvalue weighted by atomic mass is 16.2. The normalized spacial score (nSPS) is 19.7. The molecule has 2 N–H and O–H groups in total. The lowest BCUT2D eigenvalue weighted by Crippen LogP contribution is -2.62. The van der Waals surface area contributed by atoms with Crippen molar-refractivity contribution >= 4 is 11.7 Å². The van der Waals surface area contributed by atoms with Crippen molar-refractivity contribution in [3.05, 3.63) is 59.8 Å². The molecular weight excluding hydrogens is 288 g/mol. The number of hydrogen-bond donors (Lipinski definition) is 2. The number of likely N-dealkylation sites (tertiary alicyclic amines) is 1. The van der Waals surface area contributed by atoms with Gasteiger partial charge in [0.25, 0.3) is 5.91 Å². The minimum atomic E-state index is -0.356. The zero-order valence-corrected chi connectivity index (χ0v) is 13.0. The van der Waals surface area contributed by atoms with E-state index in [1.807, 2.05) is 12.1 Å². The van der Waals surface area contributed by atoms with Crippen LogP contribution in [0.5, 0.6) is 0 Å². The molecule has 2 aliphatic heterocycles. The number of nitrogens with zero attached hydrogens (tertiary/aromatic N) is 2. The number of nitrogens with one attached hydrogen (secondary N) is 2. The zero-order valence-electron chi connectivity index (χ0n) is 13.0. The van der Waals surface area contributed by atoms with Crippen molar-refractivity contribution in [2.75, 3.05) is 18.4 Å². The van der Waals surface area contributed by atoms with Crippen LogP contribution in [0, 0.1) is 0 Å². The van der Waals surface area contributed by atoms with E-state index in [9.17, 15) is 4.79 Å². The lowest BCUT2D eigenvalue weighted by molar-refractivity contribution is 0.0821. The van der Waals surface area contributed by atoms with Crippen LogP contribution in [0.25, 0.3) is 0 Å². The first-order chi connectivity index (χ1) is 11.2. The third kappa shape index (κ3) is 2.80. The van der Waals surface area contributed by atoms with Gasteiger partial charge in [0.05, 0.1) is 5.56 Å². The van der Waals surface area contributed by atoms with Gasteiger partial charge in [-0.15, -0.1) is 0 Å². The average molecular weight is 308 g/mol. The third-order valence-electron chi connectivity index (χ3n) is 4.72. The van der Waals surface area contributed by atoms with Gasteiger partial charge < -0.3 is 10.6 Å². The minimum absolute atomic E-state index is 0.0247. The summed E-state index contributed by atoms with van der Waals surface area (Å²) in [5, 5.41) is 6.61. The molecule has 2 aromatic rings. The van der Waals surface area contributed by atoms with Crippen molar-refractivity contribution in [2.45, 2.75) is 25.0 Å². The van der Waals surface area contributed by atoms with Gasteiger partial charge in [-0.25, -0.2) is 4.98 Å². The first kappa shape index (κ1) is 14.2. The first-order valence-corrected chi connectivity index (χ1v) is 8.06. The maximum Gasteiger partial charge on any atom is 0.256 e. The monoisotopic (exact) mass is 308 g/mol. The fraction of sp³-hybridized carbons (Fsp3) is 0.333. The Hall–Kier alpha value is -2.40. The van der Waals surface area contributed by atoms with Crippen molar-refractivity contribution < 1.29 is 4.79 Å². The van der Waals surface area contributed by atoms with Crippen LogP contribution in [-0.4, -0.2) is 34.5 Å². The van der Waals surface area contributed by atoms with Crippen LogP contribution >= 0.6 is 0 Å². The summed E-state index contributed by atoms with van der Waals surface area (Å²) in [7, 11) is 0. The third-order valence-corrected chi connectivity index (χ3v) is 4.72. The van der Waals surface area contributed by atoms with Gasteiger partial charge in [0, 0.05) is 38.7 Å². The highest BCUT2D eigenvalue weighted by Crippen LogP contribution is 2.30. The summed E-state index contributed by atoms with van der Waals surface area (Å²) in [4.78, 5) is 19.1. The van der Waals surface area contributed by atoms with Crippen LogP contribution in [0.2, 0.25) is 0 Å². The molecule has 0 unspecified atom stereocenters. The number of carbonyl (C=O) groups is 1.